The van der Waals surface area contributed by atoms with Crippen molar-refractivity contribution in [2.45, 2.75) is 38.0 Å². The van der Waals surface area contributed by atoms with Crippen LogP contribution in [0.2, 0.25) is 0 Å². The summed E-state index contributed by atoms with van der Waals surface area (Å²) in [5.41, 5.74) is 0.694. The second-order valence-corrected chi connectivity index (χ2v) is 7.37. The summed E-state index contributed by atoms with van der Waals surface area (Å²) >= 11 is 0. The van der Waals surface area contributed by atoms with Gasteiger partial charge >= 0.3 is 0 Å². The number of nitrogens with one attached hydrogen (secondary N) is 1. The van der Waals surface area contributed by atoms with Crippen molar-refractivity contribution in [2.24, 2.45) is 10.9 Å². The molecule has 0 spiro atoms. The monoisotopic (exact) mass is 347 g/mol. The van der Waals surface area contributed by atoms with E-state index in [1.54, 1.807) is 12.1 Å². The molecule has 0 radical (unpaired) electrons. The van der Waals surface area contributed by atoms with Gasteiger partial charge in [0.25, 0.3) is 0 Å². The SMILES string of the molecule is CCNC(=NCC1(c2ccccc2F)CC1)N(C)CCOCC1CC1. The van der Waals surface area contributed by atoms with Gasteiger partial charge in [-0.25, -0.2) is 4.39 Å². The standard InChI is InChI=1S/C20H30FN3O/c1-3-22-19(24(2)12-13-25-14-16-8-9-16)23-15-20(10-11-20)17-6-4-5-7-18(17)21/h4-7,16H,3,8-15H2,1-2H3,(H,22,23). The predicted octanol–water partition coefficient (Wildman–Crippen LogP) is 3.18. The van der Waals surface area contributed by atoms with Crippen LogP contribution in [0.4, 0.5) is 4.39 Å². The fourth-order valence-electron chi connectivity index (χ4n) is 3.09. The lowest BCUT2D eigenvalue weighted by atomic mass is 9.95. The van der Waals surface area contributed by atoms with E-state index in [4.69, 9.17) is 9.73 Å². The summed E-state index contributed by atoms with van der Waals surface area (Å²) in [7, 11) is 2.03. The number of nitrogens with zero attached hydrogens (tertiary/aromatic N) is 2. The molecule has 3 rings (SSSR count). The van der Waals surface area contributed by atoms with E-state index in [0.29, 0.717) is 6.54 Å². The van der Waals surface area contributed by atoms with Crippen molar-refractivity contribution in [3.8, 4) is 0 Å². The van der Waals surface area contributed by atoms with Crippen LogP contribution in [0.1, 0.15) is 38.2 Å². The van der Waals surface area contributed by atoms with Gasteiger partial charge in [-0.05, 0) is 50.2 Å². The van der Waals surface area contributed by atoms with E-state index in [1.807, 2.05) is 19.2 Å². The van der Waals surface area contributed by atoms with E-state index < -0.39 is 0 Å². The summed E-state index contributed by atoms with van der Waals surface area (Å²) < 4.78 is 19.9. The molecule has 1 aromatic rings. The van der Waals surface area contributed by atoms with E-state index in [9.17, 15) is 4.39 Å². The van der Waals surface area contributed by atoms with E-state index in [-0.39, 0.29) is 11.2 Å². The third-order valence-corrected chi connectivity index (χ3v) is 5.15. The first-order chi connectivity index (χ1) is 12.1. The van der Waals surface area contributed by atoms with Crippen LogP contribution in [-0.2, 0) is 10.2 Å². The number of hydrogen-bond acceptors (Lipinski definition) is 2. The van der Waals surface area contributed by atoms with E-state index in [0.717, 1.165) is 56.6 Å². The van der Waals surface area contributed by atoms with Gasteiger partial charge in [0.05, 0.1) is 13.2 Å². The minimum absolute atomic E-state index is 0.109. The Balaban J connectivity index is 1.56. The van der Waals surface area contributed by atoms with Gasteiger partial charge in [-0.3, -0.25) is 4.99 Å². The van der Waals surface area contributed by atoms with Crippen LogP contribution in [0.3, 0.4) is 0 Å². The summed E-state index contributed by atoms with van der Waals surface area (Å²) in [6, 6.07) is 7.11. The summed E-state index contributed by atoms with van der Waals surface area (Å²) in [4.78, 5) is 6.91. The normalized spacial score (nSPS) is 18.9. The molecule has 138 valence electrons. The second kappa shape index (κ2) is 8.17. The third kappa shape index (κ3) is 4.94. The molecule has 2 saturated carbocycles. The third-order valence-electron chi connectivity index (χ3n) is 5.15. The highest BCUT2D eigenvalue weighted by Gasteiger charge is 2.45. The second-order valence-electron chi connectivity index (χ2n) is 7.37. The average molecular weight is 347 g/mol. The van der Waals surface area contributed by atoms with Crippen molar-refractivity contribution in [1.29, 1.82) is 0 Å². The van der Waals surface area contributed by atoms with Crippen molar-refractivity contribution in [3.05, 3.63) is 35.6 Å². The number of guanidine groups is 1. The lowest BCUT2D eigenvalue weighted by molar-refractivity contribution is 0.115. The summed E-state index contributed by atoms with van der Waals surface area (Å²) in [5.74, 6) is 1.56. The molecular formula is C20H30FN3O. The quantitative estimate of drug-likeness (QED) is 0.423. The molecule has 0 aromatic heterocycles. The molecule has 0 atom stereocenters. The summed E-state index contributed by atoms with van der Waals surface area (Å²) in [6.45, 7) is 5.93. The smallest absolute Gasteiger partial charge is 0.193 e. The van der Waals surface area contributed by atoms with Gasteiger partial charge in [0.1, 0.15) is 5.82 Å². The largest absolute Gasteiger partial charge is 0.379 e. The molecule has 1 N–H and O–H groups in total. The van der Waals surface area contributed by atoms with Crippen molar-refractivity contribution < 1.29 is 9.13 Å². The Morgan fingerprint density at radius 2 is 2.12 bits per heavy atom. The summed E-state index contributed by atoms with van der Waals surface area (Å²) in [5, 5.41) is 3.34. The molecule has 2 aliphatic rings. The number of benzene rings is 1. The fraction of sp³-hybridized carbons (Fsp3) is 0.650. The lowest BCUT2D eigenvalue weighted by Gasteiger charge is -2.23. The van der Waals surface area contributed by atoms with Gasteiger partial charge in [0, 0.05) is 32.2 Å². The van der Waals surface area contributed by atoms with Gasteiger partial charge in [-0.2, -0.15) is 0 Å². The molecule has 2 fully saturated rings. The fourth-order valence-corrected chi connectivity index (χ4v) is 3.09. The Kier molecular flexibility index (Phi) is 5.94. The Labute approximate surface area is 150 Å². The number of hydrogen-bond donors (Lipinski definition) is 1. The molecule has 4 nitrogen and oxygen atoms in total. The van der Waals surface area contributed by atoms with E-state index >= 15 is 0 Å². The predicted molar refractivity (Wildman–Crippen MR) is 99.5 cm³/mol. The maximum Gasteiger partial charge on any atom is 0.193 e. The number of aliphatic imine (C=N–C) groups is 1. The van der Waals surface area contributed by atoms with Gasteiger partial charge < -0.3 is 15.0 Å². The summed E-state index contributed by atoms with van der Waals surface area (Å²) in [6.07, 6.45) is 4.65. The Hall–Kier alpha value is -1.62. The minimum Gasteiger partial charge on any atom is -0.379 e. The zero-order valence-electron chi connectivity index (χ0n) is 15.4. The number of halogens is 1. The van der Waals surface area contributed by atoms with Gasteiger partial charge in [0.2, 0.25) is 0 Å². The molecule has 5 heteroatoms. The van der Waals surface area contributed by atoms with Crippen LogP contribution in [0.25, 0.3) is 0 Å². The van der Waals surface area contributed by atoms with Crippen molar-refractivity contribution >= 4 is 5.96 Å². The van der Waals surface area contributed by atoms with Gasteiger partial charge in [-0.15, -0.1) is 0 Å². The average Bonchev–Trinajstić information content (AvgIpc) is 3.51. The Morgan fingerprint density at radius 3 is 2.76 bits per heavy atom. The zero-order chi connectivity index (χ0) is 17.7. The molecule has 2 aliphatic carbocycles. The van der Waals surface area contributed by atoms with Crippen LogP contribution in [0, 0.1) is 11.7 Å². The van der Waals surface area contributed by atoms with Crippen LogP contribution in [-0.4, -0.2) is 50.8 Å². The molecule has 0 saturated heterocycles. The number of rotatable bonds is 9. The van der Waals surface area contributed by atoms with E-state index in [1.165, 1.54) is 12.8 Å². The highest BCUT2D eigenvalue weighted by Crippen LogP contribution is 2.49. The van der Waals surface area contributed by atoms with Crippen molar-refractivity contribution in [1.82, 2.24) is 10.2 Å². The molecule has 0 unspecified atom stereocenters. The van der Waals surface area contributed by atoms with E-state index in [2.05, 4.69) is 17.1 Å². The van der Waals surface area contributed by atoms with Crippen LogP contribution < -0.4 is 5.32 Å². The maximum atomic E-state index is 14.1. The Bertz CT molecular complexity index is 596. The molecule has 0 bridgehead atoms. The van der Waals surface area contributed by atoms with Crippen LogP contribution in [0.5, 0.6) is 0 Å². The van der Waals surface area contributed by atoms with Gasteiger partial charge in [0.15, 0.2) is 5.96 Å². The molecule has 0 heterocycles. The highest BCUT2D eigenvalue weighted by atomic mass is 19.1. The molecule has 0 aliphatic heterocycles. The molecule has 0 amide bonds. The number of likely N-dealkylation sites (N-methyl/N-ethyl adjacent to an activating group) is 1. The first kappa shape index (κ1) is 18.2. The topological polar surface area (TPSA) is 36.9 Å². The molecule has 25 heavy (non-hydrogen) atoms. The Morgan fingerprint density at radius 1 is 1.36 bits per heavy atom. The van der Waals surface area contributed by atoms with Crippen LogP contribution >= 0.6 is 0 Å². The first-order valence-electron chi connectivity index (χ1n) is 9.47. The first-order valence-corrected chi connectivity index (χ1v) is 9.47. The number of ether oxygens (including phenoxy) is 1. The van der Waals surface area contributed by atoms with Crippen LogP contribution in [0.15, 0.2) is 29.3 Å². The molecule has 1 aromatic carbocycles. The minimum atomic E-state index is -0.116. The maximum absolute atomic E-state index is 14.1. The molecular weight excluding hydrogens is 317 g/mol. The van der Waals surface area contributed by atoms with Gasteiger partial charge in [-0.1, -0.05) is 18.2 Å². The zero-order valence-corrected chi connectivity index (χ0v) is 15.4. The lowest BCUT2D eigenvalue weighted by Crippen LogP contribution is -2.41. The highest BCUT2D eigenvalue weighted by molar-refractivity contribution is 5.79. The van der Waals surface area contributed by atoms with Crippen molar-refractivity contribution in [2.75, 3.05) is 39.9 Å². The van der Waals surface area contributed by atoms with Crippen molar-refractivity contribution in [3.63, 3.8) is 0 Å².